The highest BCUT2D eigenvalue weighted by molar-refractivity contribution is 6.32. The quantitative estimate of drug-likeness (QED) is 0.482. The van der Waals surface area contributed by atoms with Gasteiger partial charge < -0.3 is 14.8 Å². The summed E-state index contributed by atoms with van der Waals surface area (Å²) in [4.78, 5) is 11.9. The van der Waals surface area contributed by atoms with Crippen molar-refractivity contribution in [3.05, 3.63) is 63.1 Å². The molecule has 1 N–H and O–H groups in total. The number of hydrogen-bond acceptors (Lipinski definition) is 4. The summed E-state index contributed by atoms with van der Waals surface area (Å²) in [6.45, 7) is 4.75. The Hall–Kier alpha value is -2.68. The van der Waals surface area contributed by atoms with Crippen LogP contribution in [-0.4, -0.2) is 19.1 Å². The fourth-order valence-electron chi connectivity index (χ4n) is 2.38. The average Bonchev–Trinajstić information content (AvgIpc) is 2.67. The van der Waals surface area contributed by atoms with Crippen LogP contribution >= 0.6 is 23.2 Å². The maximum atomic E-state index is 11.9. The molecule has 0 spiro atoms. The van der Waals surface area contributed by atoms with Crippen LogP contribution in [0.3, 0.4) is 0 Å². The second-order valence-corrected chi connectivity index (χ2v) is 6.55. The zero-order valence-electron chi connectivity index (χ0n) is 15.6. The molecule has 0 aliphatic heterocycles. The number of hydrogen-bond donors (Lipinski definition) is 1. The van der Waals surface area contributed by atoms with Gasteiger partial charge in [-0.25, -0.2) is 0 Å². The largest absolute Gasteiger partial charge is 0.490 e. The van der Waals surface area contributed by atoms with Crippen LogP contribution < -0.4 is 14.8 Å². The van der Waals surface area contributed by atoms with Gasteiger partial charge >= 0.3 is 0 Å². The van der Waals surface area contributed by atoms with Crippen LogP contribution in [0.2, 0.25) is 10.0 Å². The minimum absolute atomic E-state index is 0.0183. The summed E-state index contributed by atoms with van der Waals surface area (Å²) in [7, 11) is 0. The van der Waals surface area contributed by atoms with Crippen molar-refractivity contribution in [2.45, 2.75) is 20.5 Å². The Labute approximate surface area is 174 Å². The van der Waals surface area contributed by atoms with E-state index in [0.717, 1.165) is 5.56 Å². The van der Waals surface area contributed by atoms with E-state index in [1.165, 1.54) is 6.08 Å². The Bertz CT molecular complexity index is 903. The lowest BCUT2D eigenvalue weighted by molar-refractivity contribution is -0.116. The Balaban J connectivity index is 2.31. The van der Waals surface area contributed by atoms with Gasteiger partial charge in [-0.3, -0.25) is 4.79 Å². The molecule has 0 aromatic heterocycles. The van der Waals surface area contributed by atoms with Crippen molar-refractivity contribution in [1.29, 1.82) is 5.26 Å². The molecule has 0 aliphatic rings. The second-order valence-electron chi connectivity index (χ2n) is 5.71. The normalized spacial score (nSPS) is 10.9. The fraction of sp³-hybridized carbons (Fsp3) is 0.238. The molecule has 0 unspecified atom stereocenters. The first-order chi connectivity index (χ1) is 13.5. The van der Waals surface area contributed by atoms with Crippen LogP contribution in [0.25, 0.3) is 6.08 Å². The predicted octanol–water partition coefficient (Wildman–Crippen LogP) is 5.01. The summed E-state index contributed by atoms with van der Waals surface area (Å²) in [5.74, 6) is 0.387. The zero-order chi connectivity index (χ0) is 20.5. The molecule has 2 rings (SSSR count). The summed E-state index contributed by atoms with van der Waals surface area (Å²) in [6.07, 6.45) is 1.46. The zero-order valence-corrected chi connectivity index (χ0v) is 17.1. The molecule has 0 fully saturated rings. The molecule has 0 atom stereocenters. The summed E-state index contributed by atoms with van der Waals surface area (Å²) >= 11 is 12.3. The van der Waals surface area contributed by atoms with Crippen molar-refractivity contribution in [2.75, 3.05) is 13.2 Å². The molecule has 1 amide bonds. The van der Waals surface area contributed by atoms with E-state index < -0.39 is 5.91 Å². The predicted molar refractivity (Wildman–Crippen MR) is 111 cm³/mol. The molecule has 0 saturated carbocycles. The minimum atomic E-state index is -0.442. The molecule has 0 bridgehead atoms. The van der Waals surface area contributed by atoms with Gasteiger partial charge in [-0.1, -0.05) is 35.3 Å². The monoisotopic (exact) mass is 418 g/mol. The number of carbonyl (C=O) groups excluding carboxylic acids is 1. The van der Waals surface area contributed by atoms with Crippen molar-refractivity contribution in [3.8, 4) is 17.6 Å². The molecule has 146 valence electrons. The molecule has 7 heteroatoms. The van der Waals surface area contributed by atoms with Crippen LogP contribution in [-0.2, 0) is 11.4 Å². The number of nitrogens with zero attached hydrogens (tertiary/aromatic N) is 1. The number of rotatable bonds is 8. The number of amides is 1. The molecule has 0 radical (unpaired) electrons. The van der Waals surface area contributed by atoms with E-state index in [1.54, 1.807) is 31.2 Å². The van der Waals surface area contributed by atoms with Gasteiger partial charge in [0.25, 0.3) is 5.91 Å². The molecule has 0 aliphatic carbocycles. The number of ether oxygens (including phenoxy) is 2. The lowest BCUT2D eigenvalue weighted by Gasteiger charge is -2.15. The number of halogens is 2. The molecule has 5 nitrogen and oxygen atoms in total. The topological polar surface area (TPSA) is 71.4 Å². The Morgan fingerprint density at radius 2 is 1.89 bits per heavy atom. The van der Waals surface area contributed by atoms with E-state index in [4.69, 9.17) is 32.7 Å². The smallest absolute Gasteiger partial charge is 0.261 e. The van der Waals surface area contributed by atoms with Gasteiger partial charge in [-0.05, 0) is 55.3 Å². The van der Waals surface area contributed by atoms with E-state index in [-0.39, 0.29) is 12.2 Å². The second kappa shape index (κ2) is 10.6. The maximum Gasteiger partial charge on any atom is 0.261 e. The van der Waals surface area contributed by atoms with Gasteiger partial charge in [0.15, 0.2) is 11.5 Å². The molecule has 0 saturated heterocycles. The van der Waals surface area contributed by atoms with Gasteiger partial charge in [0, 0.05) is 11.6 Å². The van der Waals surface area contributed by atoms with Gasteiger partial charge in [0.05, 0.1) is 11.6 Å². The van der Waals surface area contributed by atoms with Gasteiger partial charge in [0.2, 0.25) is 0 Å². The Kier molecular flexibility index (Phi) is 8.19. The number of nitriles is 1. The number of benzene rings is 2. The van der Waals surface area contributed by atoms with Crippen LogP contribution in [0.4, 0.5) is 0 Å². The van der Waals surface area contributed by atoms with Crippen molar-refractivity contribution in [2.24, 2.45) is 0 Å². The number of nitrogens with one attached hydrogen (secondary N) is 1. The number of carbonyl (C=O) groups is 1. The van der Waals surface area contributed by atoms with Crippen LogP contribution in [0.15, 0.2) is 42.0 Å². The Morgan fingerprint density at radius 1 is 1.18 bits per heavy atom. The van der Waals surface area contributed by atoms with Gasteiger partial charge in [-0.15, -0.1) is 0 Å². The first kappa shape index (κ1) is 21.6. The SMILES string of the molecule is CCNC(=O)/C(C#N)=C/c1cc(Cl)c(OCc2ccc(Cl)cc2)c(OCC)c1. The maximum absolute atomic E-state index is 11.9. The summed E-state index contributed by atoms with van der Waals surface area (Å²) < 4.78 is 11.5. The summed E-state index contributed by atoms with van der Waals surface area (Å²) in [5.41, 5.74) is 1.47. The van der Waals surface area contributed by atoms with Crippen molar-refractivity contribution >= 4 is 35.2 Å². The molecular weight excluding hydrogens is 399 g/mol. The third kappa shape index (κ3) is 5.91. The van der Waals surface area contributed by atoms with Gasteiger partial charge in [-0.2, -0.15) is 5.26 Å². The third-order valence-corrected chi connectivity index (χ3v) is 4.17. The first-order valence-electron chi connectivity index (χ1n) is 8.72. The Morgan fingerprint density at radius 3 is 2.50 bits per heavy atom. The van der Waals surface area contributed by atoms with Crippen molar-refractivity contribution in [3.63, 3.8) is 0 Å². The van der Waals surface area contributed by atoms with Crippen LogP contribution in [0.1, 0.15) is 25.0 Å². The van der Waals surface area contributed by atoms with Crippen LogP contribution in [0.5, 0.6) is 11.5 Å². The number of likely N-dealkylation sites (N-methyl/N-ethyl adjacent to an activating group) is 1. The van der Waals surface area contributed by atoms with E-state index in [0.29, 0.717) is 40.3 Å². The van der Waals surface area contributed by atoms with Crippen molar-refractivity contribution in [1.82, 2.24) is 5.32 Å². The third-order valence-electron chi connectivity index (χ3n) is 3.64. The standard InChI is InChI=1S/C21H20Cl2N2O3/c1-3-25-21(26)16(12-24)9-15-10-18(23)20(19(11-15)27-4-2)28-13-14-5-7-17(22)8-6-14/h5-11H,3-4,13H2,1-2H3,(H,25,26)/b16-9+. The summed E-state index contributed by atoms with van der Waals surface area (Å²) in [6, 6.07) is 12.5. The van der Waals surface area contributed by atoms with Gasteiger partial charge in [0.1, 0.15) is 18.2 Å². The molecular formula is C21H20Cl2N2O3. The highest BCUT2D eigenvalue weighted by Gasteiger charge is 2.14. The van der Waals surface area contributed by atoms with E-state index in [9.17, 15) is 10.1 Å². The highest BCUT2D eigenvalue weighted by atomic mass is 35.5. The lowest BCUT2D eigenvalue weighted by atomic mass is 10.1. The highest BCUT2D eigenvalue weighted by Crippen LogP contribution is 2.38. The van der Waals surface area contributed by atoms with E-state index >= 15 is 0 Å². The molecule has 0 heterocycles. The lowest BCUT2D eigenvalue weighted by Crippen LogP contribution is -2.23. The fourth-order valence-corrected chi connectivity index (χ4v) is 2.78. The average molecular weight is 419 g/mol. The first-order valence-corrected chi connectivity index (χ1v) is 9.47. The molecule has 2 aromatic rings. The minimum Gasteiger partial charge on any atom is -0.490 e. The van der Waals surface area contributed by atoms with Crippen molar-refractivity contribution < 1.29 is 14.3 Å². The van der Waals surface area contributed by atoms with E-state index in [2.05, 4.69) is 5.32 Å². The molecule has 28 heavy (non-hydrogen) atoms. The molecule has 2 aromatic carbocycles. The van der Waals surface area contributed by atoms with E-state index in [1.807, 2.05) is 25.1 Å². The van der Waals surface area contributed by atoms with Crippen LogP contribution in [0, 0.1) is 11.3 Å². The summed E-state index contributed by atoms with van der Waals surface area (Å²) in [5, 5.41) is 12.8.